The van der Waals surface area contributed by atoms with Crippen LogP contribution in [0.1, 0.15) is 104 Å². The fourth-order valence-corrected chi connectivity index (χ4v) is 4.75. The molecule has 1 aliphatic rings. The molecule has 9 heteroatoms. The molecular weight excluding hydrogens is 484 g/mol. The van der Waals surface area contributed by atoms with Gasteiger partial charge in [-0.25, -0.2) is 4.79 Å². The first kappa shape index (κ1) is 31.1. The summed E-state index contributed by atoms with van der Waals surface area (Å²) in [7, 11) is 0. The summed E-state index contributed by atoms with van der Waals surface area (Å²) < 4.78 is 5.37. The minimum atomic E-state index is -1.10. The summed E-state index contributed by atoms with van der Waals surface area (Å²) in [5.74, 6) is -1.32. The standard InChI is InChI=1S/C29H46N4O5/c1-7-20-13-15-21(16-14-20)25(26(35)31-22-11-9-8-10-12-22)33(19(2)3)27(36)23(17-18-24(30)34)32-28(37)38-29(4,5)6/h13-16,19,22-23,25H,7-12,17-18H2,1-6H3,(H2,30,34)(H,31,35)(H,32,37). The molecule has 0 aromatic heterocycles. The van der Waals surface area contributed by atoms with Gasteiger partial charge in [-0.2, -0.15) is 0 Å². The Balaban J connectivity index is 2.45. The summed E-state index contributed by atoms with van der Waals surface area (Å²) >= 11 is 0. The molecule has 1 fully saturated rings. The van der Waals surface area contributed by atoms with Crippen molar-refractivity contribution >= 4 is 23.8 Å². The molecule has 1 saturated carbocycles. The lowest BCUT2D eigenvalue weighted by molar-refractivity contribution is -0.145. The Hall–Kier alpha value is -3.10. The van der Waals surface area contributed by atoms with Gasteiger partial charge in [0.05, 0.1) is 0 Å². The van der Waals surface area contributed by atoms with Gasteiger partial charge in [-0.05, 0) is 71.4 Å². The second-order valence-corrected chi connectivity index (χ2v) is 11.4. The number of alkyl carbamates (subject to hydrolysis) is 1. The molecular formula is C29H46N4O5. The molecule has 0 saturated heterocycles. The third-order valence-corrected chi connectivity index (χ3v) is 6.66. The van der Waals surface area contributed by atoms with E-state index >= 15 is 0 Å². The SMILES string of the molecule is CCc1ccc(C(C(=O)NC2CCCCC2)N(C(=O)C(CCC(N)=O)NC(=O)OC(C)(C)C)C(C)C)cc1. The zero-order valence-corrected chi connectivity index (χ0v) is 23.8. The number of nitrogens with two attached hydrogens (primary N) is 1. The van der Waals surface area contributed by atoms with Crippen molar-refractivity contribution in [3.63, 3.8) is 0 Å². The predicted octanol–water partition coefficient (Wildman–Crippen LogP) is 4.13. The minimum Gasteiger partial charge on any atom is -0.444 e. The second-order valence-electron chi connectivity index (χ2n) is 11.4. The molecule has 4 amide bonds. The maximum absolute atomic E-state index is 14.1. The highest BCUT2D eigenvalue weighted by Crippen LogP contribution is 2.27. The van der Waals surface area contributed by atoms with E-state index in [4.69, 9.17) is 10.5 Å². The predicted molar refractivity (Wildman–Crippen MR) is 147 cm³/mol. The number of hydrogen-bond acceptors (Lipinski definition) is 5. The van der Waals surface area contributed by atoms with Crippen LogP contribution < -0.4 is 16.4 Å². The average Bonchev–Trinajstić information content (AvgIpc) is 2.83. The summed E-state index contributed by atoms with van der Waals surface area (Å²) in [6.07, 6.45) is 5.04. The number of benzene rings is 1. The number of nitrogens with zero attached hydrogens (tertiary/aromatic N) is 1. The number of nitrogens with one attached hydrogen (secondary N) is 2. The summed E-state index contributed by atoms with van der Waals surface area (Å²) in [6.45, 7) is 10.9. The Labute approximate surface area is 227 Å². The monoisotopic (exact) mass is 530 g/mol. The first-order valence-corrected chi connectivity index (χ1v) is 13.8. The van der Waals surface area contributed by atoms with Gasteiger partial charge in [0.25, 0.3) is 0 Å². The van der Waals surface area contributed by atoms with E-state index in [1.165, 1.54) is 4.90 Å². The normalized spacial score (nSPS) is 15.9. The summed E-state index contributed by atoms with van der Waals surface area (Å²) in [5.41, 5.74) is 6.40. The Bertz CT molecular complexity index is 949. The molecule has 0 heterocycles. The molecule has 0 bridgehead atoms. The summed E-state index contributed by atoms with van der Waals surface area (Å²) in [6, 6.07) is 5.35. The number of carbonyl (C=O) groups excluding carboxylic acids is 4. The fraction of sp³-hybridized carbons (Fsp3) is 0.655. The molecule has 2 unspecified atom stereocenters. The number of carbonyl (C=O) groups is 4. The number of amides is 4. The smallest absolute Gasteiger partial charge is 0.408 e. The molecule has 2 atom stereocenters. The van der Waals surface area contributed by atoms with Crippen LogP contribution in [0, 0.1) is 0 Å². The number of ether oxygens (including phenoxy) is 1. The van der Waals surface area contributed by atoms with Gasteiger partial charge in [0, 0.05) is 18.5 Å². The minimum absolute atomic E-state index is 0.0115. The van der Waals surface area contributed by atoms with Crippen molar-refractivity contribution in [2.75, 3.05) is 0 Å². The van der Waals surface area contributed by atoms with Crippen molar-refractivity contribution in [3.8, 4) is 0 Å². The fourth-order valence-electron chi connectivity index (χ4n) is 4.75. The van der Waals surface area contributed by atoms with Crippen molar-refractivity contribution in [2.24, 2.45) is 5.73 Å². The van der Waals surface area contributed by atoms with Crippen LogP contribution in [-0.4, -0.2) is 52.4 Å². The molecule has 1 aliphatic carbocycles. The van der Waals surface area contributed by atoms with Gasteiger partial charge < -0.3 is 26.0 Å². The largest absolute Gasteiger partial charge is 0.444 e. The van der Waals surface area contributed by atoms with E-state index in [2.05, 4.69) is 17.6 Å². The van der Waals surface area contributed by atoms with E-state index in [0.29, 0.717) is 5.56 Å². The van der Waals surface area contributed by atoms with Crippen LogP contribution in [0.15, 0.2) is 24.3 Å². The van der Waals surface area contributed by atoms with E-state index in [1.54, 1.807) is 20.8 Å². The summed E-state index contributed by atoms with van der Waals surface area (Å²) in [4.78, 5) is 53.6. The molecule has 1 aromatic rings. The van der Waals surface area contributed by atoms with Crippen molar-refractivity contribution in [2.45, 2.75) is 123 Å². The van der Waals surface area contributed by atoms with Crippen molar-refractivity contribution in [1.82, 2.24) is 15.5 Å². The van der Waals surface area contributed by atoms with Crippen molar-refractivity contribution in [3.05, 3.63) is 35.4 Å². The quantitative estimate of drug-likeness (QED) is 0.396. The molecule has 38 heavy (non-hydrogen) atoms. The Morgan fingerprint density at radius 3 is 2.16 bits per heavy atom. The van der Waals surface area contributed by atoms with Crippen LogP contribution in [-0.2, 0) is 25.5 Å². The van der Waals surface area contributed by atoms with Gasteiger partial charge in [0.1, 0.15) is 17.7 Å². The molecule has 2 rings (SSSR count). The van der Waals surface area contributed by atoms with Crippen molar-refractivity contribution in [1.29, 1.82) is 0 Å². The van der Waals surface area contributed by atoms with Crippen LogP contribution in [0.5, 0.6) is 0 Å². The average molecular weight is 531 g/mol. The van der Waals surface area contributed by atoms with Crippen LogP contribution >= 0.6 is 0 Å². The lowest BCUT2D eigenvalue weighted by Crippen LogP contribution is -2.56. The van der Waals surface area contributed by atoms with E-state index in [9.17, 15) is 19.2 Å². The maximum Gasteiger partial charge on any atom is 0.408 e. The van der Waals surface area contributed by atoms with E-state index < -0.39 is 35.6 Å². The van der Waals surface area contributed by atoms with E-state index in [0.717, 1.165) is 44.1 Å². The highest BCUT2D eigenvalue weighted by Gasteiger charge is 2.38. The third kappa shape index (κ3) is 9.65. The Kier molecular flexibility index (Phi) is 11.6. The number of aryl methyl sites for hydroxylation is 1. The zero-order valence-electron chi connectivity index (χ0n) is 23.8. The van der Waals surface area contributed by atoms with Gasteiger partial charge in [-0.15, -0.1) is 0 Å². The van der Waals surface area contributed by atoms with Gasteiger partial charge in [0.15, 0.2) is 0 Å². The van der Waals surface area contributed by atoms with E-state index in [1.807, 2.05) is 38.1 Å². The molecule has 9 nitrogen and oxygen atoms in total. The van der Waals surface area contributed by atoms with E-state index in [-0.39, 0.29) is 30.8 Å². The Morgan fingerprint density at radius 1 is 1.05 bits per heavy atom. The number of primary amides is 1. The summed E-state index contributed by atoms with van der Waals surface area (Å²) in [5, 5.41) is 5.80. The van der Waals surface area contributed by atoms with Gasteiger partial charge in [-0.3, -0.25) is 14.4 Å². The molecule has 0 spiro atoms. The van der Waals surface area contributed by atoms with Gasteiger partial charge >= 0.3 is 6.09 Å². The first-order chi connectivity index (χ1) is 17.8. The van der Waals surface area contributed by atoms with Crippen LogP contribution in [0.25, 0.3) is 0 Å². The Morgan fingerprint density at radius 2 is 1.66 bits per heavy atom. The highest BCUT2D eigenvalue weighted by molar-refractivity contribution is 5.92. The van der Waals surface area contributed by atoms with Gasteiger partial charge in [0.2, 0.25) is 17.7 Å². The topological polar surface area (TPSA) is 131 Å². The number of rotatable bonds is 11. The molecule has 0 aliphatic heterocycles. The highest BCUT2D eigenvalue weighted by atomic mass is 16.6. The third-order valence-electron chi connectivity index (χ3n) is 6.66. The van der Waals surface area contributed by atoms with Gasteiger partial charge in [-0.1, -0.05) is 50.5 Å². The van der Waals surface area contributed by atoms with Crippen LogP contribution in [0.4, 0.5) is 4.79 Å². The molecule has 212 valence electrons. The second kappa shape index (κ2) is 14.2. The zero-order chi connectivity index (χ0) is 28.5. The van der Waals surface area contributed by atoms with Crippen LogP contribution in [0.3, 0.4) is 0 Å². The number of hydrogen-bond donors (Lipinski definition) is 3. The lowest BCUT2D eigenvalue weighted by Gasteiger charge is -2.38. The molecule has 0 radical (unpaired) electrons. The maximum atomic E-state index is 14.1. The van der Waals surface area contributed by atoms with Crippen molar-refractivity contribution < 1.29 is 23.9 Å². The lowest BCUT2D eigenvalue weighted by atomic mass is 9.94. The molecule has 4 N–H and O–H groups in total. The van der Waals surface area contributed by atoms with Crippen LogP contribution in [0.2, 0.25) is 0 Å². The first-order valence-electron chi connectivity index (χ1n) is 13.8. The molecule has 1 aromatic carbocycles.